The molecule has 0 aliphatic carbocycles. The van der Waals surface area contributed by atoms with Gasteiger partial charge in [-0.3, -0.25) is 9.40 Å². The molecule has 8 heteroatoms. The van der Waals surface area contributed by atoms with Gasteiger partial charge in [0, 0.05) is 24.5 Å². The lowest BCUT2D eigenvalue weighted by Crippen LogP contribution is -2.15. The van der Waals surface area contributed by atoms with Gasteiger partial charge in [-0.25, -0.2) is 13.4 Å². The van der Waals surface area contributed by atoms with Crippen LogP contribution in [0.5, 0.6) is 0 Å². The molecule has 0 aliphatic rings. The molecule has 0 atom stereocenters. The average Bonchev–Trinajstić information content (AvgIpc) is 3.23. The summed E-state index contributed by atoms with van der Waals surface area (Å²) in [7, 11) is -3.80. The second-order valence-corrected chi connectivity index (χ2v) is 8.63. The van der Waals surface area contributed by atoms with E-state index in [-0.39, 0.29) is 4.90 Å². The predicted octanol–water partition coefficient (Wildman–Crippen LogP) is 3.94. The number of anilines is 1. The van der Waals surface area contributed by atoms with Crippen LogP contribution in [0.2, 0.25) is 0 Å². The lowest BCUT2D eigenvalue weighted by atomic mass is 10.1. The van der Waals surface area contributed by atoms with Crippen LogP contribution in [0.4, 0.5) is 5.69 Å². The summed E-state index contributed by atoms with van der Waals surface area (Å²) in [6, 6.07) is 11.2. The van der Waals surface area contributed by atoms with Crippen molar-refractivity contribution in [3.63, 3.8) is 0 Å². The van der Waals surface area contributed by atoms with Gasteiger partial charge in [0.25, 0.3) is 10.0 Å². The summed E-state index contributed by atoms with van der Waals surface area (Å²) < 4.78 is 32.8. The van der Waals surface area contributed by atoms with Crippen LogP contribution in [0.15, 0.2) is 53.7 Å². The second kappa shape index (κ2) is 7.04. The van der Waals surface area contributed by atoms with Gasteiger partial charge in [-0.1, -0.05) is 24.3 Å². The first-order chi connectivity index (χ1) is 13.8. The standard InChI is InChI=1S/C21H23N5O2S/c1-5-26-16(4)20(15(3)23-26)29(27,28)24-18-11-7-6-10-17(18)19-13-25-12-8-9-14(2)21(25)22-19/h6-13,24H,5H2,1-4H3. The van der Waals surface area contributed by atoms with Crippen molar-refractivity contribution in [2.75, 3.05) is 4.72 Å². The van der Waals surface area contributed by atoms with Gasteiger partial charge in [0.1, 0.15) is 10.5 Å². The number of fused-ring (bicyclic) bond motifs is 1. The molecule has 29 heavy (non-hydrogen) atoms. The van der Waals surface area contributed by atoms with Crippen LogP contribution in [-0.2, 0) is 16.6 Å². The fourth-order valence-electron chi connectivity index (χ4n) is 3.65. The summed E-state index contributed by atoms with van der Waals surface area (Å²) in [6.07, 6.45) is 3.83. The number of para-hydroxylation sites is 1. The van der Waals surface area contributed by atoms with E-state index in [0.717, 1.165) is 16.8 Å². The number of nitrogens with one attached hydrogen (secondary N) is 1. The summed E-state index contributed by atoms with van der Waals surface area (Å²) in [6.45, 7) is 8.03. The molecule has 0 spiro atoms. The number of imidazole rings is 1. The molecule has 0 fully saturated rings. The van der Waals surface area contributed by atoms with Gasteiger partial charge in [0.15, 0.2) is 0 Å². The second-order valence-electron chi connectivity index (χ2n) is 7.02. The number of hydrogen-bond acceptors (Lipinski definition) is 4. The quantitative estimate of drug-likeness (QED) is 0.541. The lowest BCUT2D eigenvalue weighted by molar-refractivity contribution is 0.598. The number of hydrogen-bond donors (Lipinski definition) is 1. The first-order valence-electron chi connectivity index (χ1n) is 9.42. The van der Waals surface area contributed by atoms with E-state index in [9.17, 15) is 8.42 Å². The third kappa shape index (κ3) is 3.29. The zero-order valence-electron chi connectivity index (χ0n) is 16.8. The van der Waals surface area contributed by atoms with Crippen molar-refractivity contribution in [2.24, 2.45) is 0 Å². The van der Waals surface area contributed by atoms with Crippen LogP contribution < -0.4 is 4.72 Å². The van der Waals surface area contributed by atoms with Gasteiger partial charge in [0.05, 0.1) is 22.8 Å². The maximum absolute atomic E-state index is 13.2. The molecule has 0 saturated heterocycles. The number of aromatic nitrogens is 4. The molecule has 0 amide bonds. The highest BCUT2D eigenvalue weighted by Crippen LogP contribution is 2.31. The molecule has 7 nitrogen and oxygen atoms in total. The van der Waals surface area contributed by atoms with E-state index < -0.39 is 10.0 Å². The molecular formula is C21H23N5O2S. The number of rotatable bonds is 5. The molecule has 1 N–H and O–H groups in total. The normalized spacial score (nSPS) is 11.9. The Morgan fingerprint density at radius 1 is 1.07 bits per heavy atom. The Morgan fingerprint density at radius 3 is 2.52 bits per heavy atom. The monoisotopic (exact) mass is 409 g/mol. The van der Waals surface area contributed by atoms with Crippen molar-refractivity contribution in [3.8, 4) is 11.3 Å². The van der Waals surface area contributed by atoms with Gasteiger partial charge in [-0.2, -0.15) is 5.10 Å². The molecule has 0 unspecified atom stereocenters. The summed E-state index contributed by atoms with van der Waals surface area (Å²) in [5, 5.41) is 4.34. The third-order valence-electron chi connectivity index (χ3n) is 5.01. The zero-order chi connectivity index (χ0) is 20.8. The number of aryl methyl sites for hydroxylation is 3. The van der Waals surface area contributed by atoms with Gasteiger partial charge >= 0.3 is 0 Å². The Labute approximate surface area is 170 Å². The van der Waals surface area contributed by atoms with E-state index >= 15 is 0 Å². The Kier molecular flexibility index (Phi) is 4.66. The molecule has 0 radical (unpaired) electrons. The minimum absolute atomic E-state index is 0.222. The van der Waals surface area contributed by atoms with Crippen LogP contribution in [0.3, 0.4) is 0 Å². The number of benzene rings is 1. The Morgan fingerprint density at radius 2 is 1.83 bits per heavy atom. The van der Waals surface area contributed by atoms with Crippen molar-refractivity contribution in [2.45, 2.75) is 39.1 Å². The molecule has 0 saturated carbocycles. The van der Waals surface area contributed by atoms with Gasteiger partial charge < -0.3 is 4.40 Å². The van der Waals surface area contributed by atoms with Gasteiger partial charge in [-0.05, 0) is 45.4 Å². The first kappa shape index (κ1) is 19.2. The Hall–Kier alpha value is -3.13. The summed E-state index contributed by atoms with van der Waals surface area (Å²) in [5.74, 6) is 0. The molecule has 0 aliphatic heterocycles. The minimum atomic E-state index is -3.80. The Bertz CT molecular complexity index is 1320. The minimum Gasteiger partial charge on any atom is -0.306 e. The van der Waals surface area contributed by atoms with Crippen molar-refractivity contribution < 1.29 is 8.42 Å². The topological polar surface area (TPSA) is 81.3 Å². The average molecular weight is 410 g/mol. The third-order valence-corrected chi connectivity index (χ3v) is 6.63. The maximum atomic E-state index is 13.2. The van der Waals surface area contributed by atoms with Crippen molar-refractivity contribution >= 4 is 21.4 Å². The number of sulfonamides is 1. The summed E-state index contributed by atoms with van der Waals surface area (Å²) in [5.41, 5.74) is 4.91. The van der Waals surface area contributed by atoms with E-state index in [1.807, 2.05) is 54.9 Å². The first-order valence-corrected chi connectivity index (χ1v) is 10.9. The number of nitrogens with zero attached hydrogens (tertiary/aromatic N) is 4. The maximum Gasteiger partial charge on any atom is 0.265 e. The van der Waals surface area contributed by atoms with Crippen LogP contribution >= 0.6 is 0 Å². The highest BCUT2D eigenvalue weighted by Gasteiger charge is 2.25. The summed E-state index contributed by atoms with van der Waals surface area (Å²) in [4.78, 5) is 4.93. The molecule has 3 heterocycles. The van der Waals surface area contributed by atoms with E-state index in [0.29, 0.717) is 29.3 Å². The van der Waals surface area contributed by atoms with Gasteiger partial charge in [-0.15, -0.1) is 0 Å². The number of pyridine rings is 1. The van der Waals surface area contributed by atoms with E-state index in [1.54, 1.807) is 30.7 Å². The predicted molar refractivity (Wildman–Crippen MR) is 114 cm³/mol. The van der Waals surface area contributed by atoms with Crippen LogP contribution in [0.25, 0.3) is 16.9 Å². The van der Waals surface area contributed by atoms with Crippen LogP contribution in [-0.4, -0.2) is 27.6 Å². The van der Waals surface area contributed by atoms with Crippen molar-refractivity contribution in [3.05, 3.63) is 65.7 Å². The van der Waals surface area contributed by atoms with Crippen LogP contribution in [0.1, 0.15) is 23.9 Å². The molecule has 4 rings (SSSR count). The fourth-order valence-corrected chi connectivity index (χ4v) is 5.15. The molecule has 4 aromatic rings. The molecule has 3 aromatic heterocycles. The highest BCUT2D eigenvalue weighted by molar-refractivity contribution is 7.92. The molecule has 0 bridgehead atoms. The summed E-state index contributed by atoms with van der Waals surface area (Å²) >= 11 is 0. The lowest BCUT2D eigenvalue weighted by Gasteiger charge is -2.12. The highest BCUT2D eigenvalue weighted by atomic mass is 32.2. The van der Waals surface area contributed by atoms with Gasteiger partial charge in [0.2, 0.25) is 0 Å². The van der Waals surface area contributed by atoms with Crippen molar-refractivity contribution in [1.82, 2.24) is 19.2 Å². The largest absolute Gasteiger partial charge is 0.306 e. The molecular weight excluding hydrogens is 386 g/mol. The van der Waals surface area contributed by atoms with Crippen molar-refractivity contribution in [1.29, 1.82) is 0 Å². The Balaban J connectivity index is 1.79. The molecule has 150 valence electrons. The van der Waals surface area contributed by atoms with Crippen LogP contribution in [0, 0.1) is 20.8 Å². The molecule has 1 aromatic carbocycles. The van der Waals surface area contributed by atoms with E-state index in [2.05, 4.69) is 9.82 Å². The van der Waals surface area contributed by atoms with E-state index in [4.69, 9.17) is 4.98 Å². The smallest absolute Gasteiger partial charge is 0.265 e. The fraction of sp³-hybridized carbons (Fsp3) is 0.238. The SMILES string of the molecule is CCn1nc(C)c(S(=O)(=O)Nc2ccccc2-c2cn3cccc(C)c3n2)c1C. The zero-order valence-corrected chi connectivity index (χ0v) is 17.7. The van der Waals surface area contributed by atoms with E-state index in [1.165, 1.54) is 0 Å².